The molecule has 36 nitrogen and oxygen atoms in total. The molecular weight excluding hydrogens is 1410 g/mol. The summed E-state index contributed by atoms with van der Waals surface area (Å²) in [6.07, 6.45) is 0.941. The van der Waals surface area contributed by atoms with Gasteiger partial charge in [0.15, 0.2) is 0 Å². The van der Waals surface area contributed by atoms with E-state index >= 15 is 0 Å². The molecule has 15 N–H and O–H groups in total. The fraction of sp³-hybridized carbons (Fsp3) is 0.775. The molecule has 1 aromatic rings. The SMILES string of the molecule is CC(C)[C@H](NC(=O)[C@H](CCCCNC(=O)CCOCCOCCOCCOCCOCCOCCOCCOCCOCCOCCOCCOCCN(CC[C@@H](O)[C@@H](O)CO)CC[C@@H](O)[C@@H](O)CO)NC(=O)CCCCCN1C(=O)C=CC1=O)C(=O)N[C@@H](CCCNC(N)=O)C(=O)Nc1ccc(CO)cc1. The van der Waals surface area contributed by atoms with Crippen molar-refractivity contribution in [1.82, 2.24) is 36.4 Å². The Morgan fingerprint density at radius 3 is 1.28 bits per heavy atom. The molecule has 0 radical (unpaired) electrons. The van der Waals surface area contributed by atoms with E-state index in [1.54, 1.807) is 38.1 Å². The molecule has 1 heterocycles. The van der Waals surface area contributed by atoms with E-state index in [1.165, 1.54) is 12.2 Å². The number of urea groups is 1. The fourth-order valence-electron chi connectivity index (χ4n) is 9.94. The van der Waals surface area contributed by atoms with Crippen molar-refractivity contribution >= 4 is 53.1 Å². The maximum Gasteiger partial charge on any atom is 0.312 e. The Labute approximate surface area is 628 Å². The number of imide groups is 1. The Kier molecular flexibility index (Phi) is 58.7. The average molecular weight is 1540 g/mol. The van der Waals surface area contributed by atoms with Crippen LogP contribution in [-0.2, 0) is 97.0 Å². The molecule has 616 valence electrons. The van der Waals surface area contributed by atoms with Crippen LogP contribution in [0.5, 0.6) is 0 Å². The number of hydrogen-bond donors (Lipinski definition) is 14. The highest BCUT2D eigenvalue weighted by atomic mass is 16.6. The maximum absolute atomic E-state index is 14.0. The topological polar surface area (TPSA) is 494 Å². The summed E-state index contributed by atoms with van der Waals surface area (Å²) in [5.41, 5.74) is 6.25. The zero-order valence-electron chi connectivity index (χ0n) is 62.7. The number of nitrogens with two attached hydrogens (primary N) is 1. The van der Waals surface area contributed by atoms with Crippen LogP contribution >= 0.6 is 0 Å². The number of hydrogen-bond acceptors (Lipinski definition) is 28. The van der Waals surface area contributed by atoms with E-state index < -0.39 is 91.3 Å². The second kappa shape index (κ2) is 64.7. The predicted molar refractivity (Wildman–Crippen MR) is 388 cm³/mol. The third-order valence-electron chi connectivity index (χ3n) is 16.2. The zero-order valence-corrected chi connectivity index (χ0v) is 62.7. The third-order valence-corrected chi connectivity index (χ3v) is 16.2. The number of benzene rings is 1. The Balaban J connectivity index is 1.49. The first-order valence-corrected chi connectivity index (χ1v) is 37.1. The second-order valence-corrected chi connectivity index (χ2v) is 25.2. The van der Waals surface area contributed by atoms with Gasteiger partial charge in [-0.25, -0.2) is 4.79 Å². The number of unbranched alkanes of at least 4 members (excludes halogenated alkanes) is 3. The predicted octanol–water partition coefficient (Wildman–Crippen LogP) is -2.45. The number of nitrogens with one attached hydrogen (secondary N) is 6. The molecule has 9 amide bonds. The molecule has 1 aliphatic rings. The van der Waals surface area contributed by atoms with Gasteiger partial charge in [-0.15, -0.1) is 0 Å². The number of amides is 9. The van der Waals surface area contributed by atoms with Gasteiger partial charge in [0.1, 0.15) is 30.3 Å². The highest BCUT2D eigenvalue weighted by molar-refractivity contribution is 6.12. The van der Waals surface area contributed by atoms with Gasteiger partial charge >= 0.3 is 6.03 Å². The van der Waals surface area contributed by atoms with Gasteiger partial charge in [0.2, 0.25) is 29.5 Å². The first kappa shape index (κ1) is 97.0. The lowest BCUT2D eigenvalue weighted by molar-refractivity contribution is -0.137. The van der Waals surface area contributed by atoms with Gasteiger partial charge in [-0.2, -0.15) is 0 Å². The second-order valence-electron chi connectivity index (χ2n) is 25.2. The summed E-state index contributed by atoms with van der Waals surface area (Å²) in [5.74, 6) is -3.80. The highest BCUT2D eigenvalue weighted by Gasteiger charge is 2.32. The number of aliphatic hydroxyl groups excluding tert-OH is 7. The van der Waals surface area contributed by atoms with Crippen molar-refractivity contribution < 1.29 is 131 Å². The van der Waals surface area contributed by atoms with Crippen molar-refractivity contribution in [3.05, 3.63) is 42.0 Å². The summed E-state index contributed by atoms with van der Waals surface area (Å²) in [6, 6.07) is 2.36. The van der Waals surface area contributed by atoms with Crippen LogP contribution in [0.2, 0.25) is 0 Å². The minimum Gasteiger partial charge on any atom is -0.394 e. The molecule has 0 saturated carbocycles. The minimum atomic E-state index is -1.25. The number of nitrogens with zero attached hydrogens (tertiary/aromatic N) is 2. The van der Waals surface area contributed by atoms with Crippen LogP contribution in [0.25, 0.3) is 0 Å². The van der Waals surface area contributed by atoms with Crippen molar-refractivity contribution in [2.75, 3.05) is 216 Å². The maximum atomic E-state index is 14.0. The van der Waals surface area contributed by atoms with Crippen LogP contribution in [0.3, 0.4) is 0 Å². The smallest absolute Gasteiger partial charge is 0.312 e. The Bertz CT molecular complexity index is 2500. The summed E-state index contributed by atoms with van der Waals surface area (Å²) in [4.78, 5) is 106. The van der Waals surface area contributed by atoms with Crippen molar-refractivity contribution in [2.45, 2.75) is 140 Å². The first-order valence-electron chi connectivity index (χ1n) is 37.1. The zero-order chi connectivity index (χ0) is 78.3. The van der Waals surface area contributed by atoms with Crippen LogP contribution in [0, 0.1) is 5.92 Å². The molecule has 1 aliphatic heterocycles. The average Bonchev–Trinajstić information content (AvgIpc) is 1.75. The molecule has 0 bridgehead atoms. The first-order chi connectivity index (χ1) is 51.8. The van der Waals surface area contributed by atoms with Gasteiger partial charge in [-0.1, -0.05) is 32.4 Å². The van der Waals surface area contributed by atoms with Gasteiger partial charge in [0.25, 0.3) is 11.8 Å². The molecule has 0 aromatic heterocycles. The number of rotatable bonds is 73. The number of primary amides is 1. The monoisotopic (exact) mass is 1540 g/mol. The van der Waals surface area contributed by atoms with E-state index in [-0.39, 0.29) is 102 Å². The molecule has 0 unspecified atom stereocenters. The molecular formula is C71H125N9O27. The standard InChI is InChI=1S/C71H125N9O27/c1-54(2)67(70(94)77-58(10-8-22-74-71(72)95)68(92)75-56-14-12-55(51-81)13-15-56)78-69(93)57(76-64(89)11-4-3-7-23-80-65(90)16-17-66(80)91)9-5-6-21-73-63(88)20-27-96-29-31-98-33-35-100-37-39-102-41-43-104-45-47-106-49-50-107-48-46-105-44-42-103-40-38-101-36-34-99-32-30-97-28-26-79(24-18-59(84)61(86)52-82)25-19-60(85)62(87)53-83/h12-17,54,57-62,67,81-87H,3-11,18-53H2,1-2H3,(H,73,88)(H,75,92)(H,76,89)(H,77,94)(H,78,93)(H3,72,74,95)/t57-,58-,59+,60+,61-,62-,67-/m0/s1. The lowest BCUT2D eigenvalue weighted by Crippen LogP contribution is -2.57. The van der Waals surface area contributed by atoms with Crippen molar-refractivity contribution in [1.29, 1.82) is 0 Å². The quantitative estimate of drug-likeness (QED) is 0.0238. The summed E-state index contributed by atoms with van der Waals surface area (Å²) in [5, 5.41) is 83.1. The fourth-order valence-corrected chi connectivity index (χ4v) is 9.94. The van der Waals surface area contributed by atoms with Crippen LogP contribution in [0.1, 0.15) is 96.5 Å². The molecule has 0 spiro atoms. The number of anilines is 1. The lowest BCUT2D eigenvalue weighted by atomic mass is 10.0. The molecule has 2 rings (SSSR count). The number of aliphatic hydroxyl groups is 7. The van der Waals surface area contributed by atoms with Crippen LogP contribution in [0.15, 0.2) is 36.4 Å². The van der Waals surface area contributed by atoms with E-state index in [2.05, 4.69) is 31.9 Å². The molecule has 0 aliphatic carbocycles. The van der Waals surface area contributed by atoms with E-state index in [0.717, 1.165) is 4.90 Å². The van der Waals surface area contributed by atoms with Gasteiger partial charge in [-0.05, 0) is 81.4 Å². The normalized spacial score (nSPS) is 14.3. The molecule has 0 fully saturated rings. The van der Waals surface area contributed by atoms with E-state index in [4.69, 9.17) is 72.8 Å². The van der Waals surface area contributed by atoms with Gasteiger partial charge in [-0.3, -0.25) is 38.5 Å². The van der Waals surface area contributed by atoms with Crippen molar-refractivity contribution in [3.8, 4) is 0 Å². The third kappa shape index (κ3) is 51.1. The van der Waals surface area contributed by atoms with Crippen molar-refractivity contribution in [3.63, 3.8) is 0 Å². The lowest BCUT2D eigenvalue weighted by Gasteiger charge is -2.27. The summed E-state index contributed by atoms with van der Waals surface area (Å²) in [7, 11) is 0. The van der Waals surface area contributed by atoms with Crippen molar-refractivity contribution in [2.24, 2.45) is 11.7 Å². The molecule has 36 heteroatoms. The summed E-state index contributed by atoms with van der Waals surface area (Å²) < 4.78 is 66.5. The van der Waals surface area contributed by atoms with Gasteiger partial charge in [0.05, 0.1) is 191 Å². The number of carbonyl (C=O) groups excluding carboxylic acids is 8. The molecule has 7 atom stereocenters. The van der Waals surface area contributed by atoms with E-state index in [0.29, 0.717) is 208 Å². The van der Waals surface area contributed by atoms with Gasteiger partial charge in [0, 0.05) is 69.9 Å². The number of carbonyl (C=O) groups is 8. The molecule has 0 saturated heterocycles. The summed E-state index contributed by atoms with van der Waals surface area (Å²) >= 11 is 0. The Hall–Kier alpha value is -6.08. The van der Waals surface area contributed by atoms with E-state index in [9.17, 15) is 63.9 Å². The summed E-state index contributed by atoms with van der Waals surface area (Å²) in [6.45, 7) is 12.8. The van der Waals surface area contributed by atoms with Crippen LogP contribution in [0.4, 0.5) is 10.5 Å². The largest absolute Gasteiger partial charge is 0.394 e. The Morgan fingerprint density at radius 1 is 0.430 bits per heavy atom. The Morgan fingerprint density at radius 2 is 0.850 bits per heavy atom. The highest BCUT2D eigenvalue weighted by Crippen LogP contribution is 2.15. The molecule has 1 aromatic carbocycles. The van der Waals surface area contributed by atoms with Crippen LogP contribution in [-0.4, -0.2) is 347 Å². The number of ether oxygens (including phenoxy) is 12. The van der Waals surface area contributed by atoms with Gasteiger partial charge < -0.3 is 135 Å². The molecule has 107 heavy (non-hydrogen) atoms. The van der Waals surface area contributed by atoms with Crippen LogP contribution < -0.4 is 37.6 Å². The van der Waals surface area contributed by atoms with E-state index in [1.807, 2.05) is 4.90 Å². The minimum absolute atomic E-state index is 0.0426.